The van der Waals surface area contributed by atoms with Gasteiger partial charge in [0.25, 0.3) is 0 Å². The van der Waals surface area contributed by atoms with Crippen molar-refractivity contribution in [2.24, 2.45) is 11.8 Å². The number of hydrogen-bond acceptors (Lipinski definition) is 3. The third kappa shape index (κ3) is 8.35. The molecular formula is C41H43FIrN2OSi-2. The Balaban J connectivity index is 0.000000188. The summed E-state index contributed by atoms with van der Waals surface area (Å²) in [7, 11) is -1.34. The molecule has 1 fully saturated rings. The topological polar surface area (TPSA) is 38.9 Å². The molecule has 0 atom stereocenters. The minimum absolute atomic E-state index is 0. The first-order valence-electron chi connectivity index (χ1n) is 16.6. The van der Waals surface area contributed by atoms with E-state index in [-0.39, 0.29) is 25.9 Å². The van der Waals surface area contributed by atoms with E-state index < -0.39 is 8.07 Å². The molecule has 3 heterocycles. The van der Waals surface area contributed by atoms with Crippen molar-refractivity contribution in [1.29, 1.82) is 0 Å². The van der Waals surface area contributed by atoms with E-state index in [2.05, 4.69) is 86.1 Å². The first-order valence-corrected chi connectivity index (χ1v) is 20.1. The molecule has 0 bridgehead atoms. The predicted octanol–water partition coefficient (Wildman–Crippen LogP) is 10.6. The van der Waals surface area contributed by atoms with Crippen molar-refractivity contribution < 1.29 is 28.9 Å². The van der Waals surface area contributed by atoms with Crippen LogP contribution in [0.1, 0.15) is 50.7 Å². The summed E-state index contributed by atoms with van der Waals surface area (Å²) in [5.41, 5.74) is 7.89. The fraction of sp³-hybridized carbons (Fsp3) is 0.317. The summed E-state index contributed by atoms with van der Waals surface area (Å²) < 4.78 is 20.0. The Morgan fingerprint density at radius 3 is 2.40 bits per heavy atom. The second kappa shape index (κ2) is 15.2. The summed E-state index contributed by atoms with van der Waals surface area (Å²) in [5, 5.41) is 2.79. The molecule has 47 heavy (non-hydrogen) atoms. The number of fused-ring (bicyclic) bond motifs is 3. The Morgan fingerprint density at radius 2 is 1.68 bits per heavy atom. The van der Waals surface area contributed by atoms with Crippen LogP contribution >= 0.6 is 0 Å². The summed E-state index contributed by atoms with van der Waals surface area (Å²) in [4.78, 5) is 9.21. The third-order valence-electron chi connectivity index (χ3n) is 8.89. The van der Waals surface area contributed by atoms with Gasteiger partial charge in [-0.1, -0.05) is 93.9 Å². The molecule has 1 radical (unpaired) electrons. The molecule has 0 aliphatic heterocycles. The van der Waals surface area contributed by atoms with Crippen molar-refractivity contribution >= 4 is 35.2 Å². The number of benzene rings is 3. The van der Waals surface area contributed by atoms with Crippen molar-refractivity contribution in [2.75, 3.05) is 0 Å². The van der Waals surface area contributed by atoms with Crippen LogP contribution in [0.5, 0.6) is 0 Å². The van der Waals surface area contributed by atoms with Crippen LogP contribution in [-0.2, 0) is 32.9 Å². The molecule has 3 nitrogen and oxygen atoms in total. The number of pyridine rings is 2. The standard InChI is InChI=1S/C23H19FNO.C18H24NSi.Ir/c24-19-6-3-7-22-23(19)18-14-17(8-9-21(18)26-22)20-13-16(10-11-25-20)12-15-4-1-2-5-15;1-14(2)11-16-12-17(15-9-7-6-8-10-15)19-13-18(16)20(3,4)5;/h3,6-7,9-11,13-15H,1-2,4-5,12H2;6-9,12-14H,11H2,1-5H3;/q2*-1;. The molecule has 3 aromatic heterocycles. The minimum Gasteiger partial charge on any atom is -0.500 e. The monoisotopic (exact) mass is 819 g/mol. The SMILES string of the molecule is CC(C)Cc1cc(-c2[c-]cccc2)ncc1[Si](C)(C)C.Fc1cccc2oc3c[c-]c(-c4cc(CC5CCCC5)ccn4)cc3c12.[Ir]. The summed E-state index contributed by atoms with van der Waals surface area (Å²) in [5.74, 6) is 1.20. The van der Waals surface area contributed by atoms with E-state index >= 15 is 0 Å². The molecule has 3 aromatic carbocycles. The number of rotatable bonds is 7. The Hall–Kier alpha value is -3.44. The van der Waals surface area contributed by atoms with E-state index in [9.17, 15) is 4.39 Å². The number of nitrogens with zero attached hydrogens (tertiary/aromatic N) is 2. The maximum Gasteiger partial charge on any atom is 0.133 e. The Labute approximate surface area is 293 Å². The van der Waals surface area contributed by atoms with Crippen LogP contribution in [0.3, 0.4) is 0 Å². The van der Waals surface area contributed by atoms with E-state index in [1.165, 1.54) is 48.1 Å². The zero-order chi connectivity index (χ0) is 32.3. The van der Waals surface area contributed by atoms with Crippen molar-refractivity contribution in [3.63, 3.8) is 0 Å². The molecular weight excluding hydrogens is 776 g/mol. The van der Waals surface area contributed by atoms with Gasteiger partial charge in [0, 0.05) is 37.9 Å². The largest absolute Gasteiger partial charge is 0.500 e. The second-order valence-electron chi connectivity index (χ2n) is 14.1. The van der Waals surface area contributed by atoms with Gasteiger partial charge in [-0.05, 0) is 59.5 Å². The minimum atomic E-state index is -1.34. The summed E-state index contributed by atoms with van der Waals surface area (Å²) in [6.07, 6.45) is 11.6. The first kappa shape index (κ1) is 34.9. The molecule has 6 heteroatoms. The average molecular weight is 819 g/mol. The fourth-order valence-electron chi connectivity index (χ4n) is 6.65. The quantitative estimate of drug-likeness (QED) is 0.119. The van der Waals surface area contributed by atoms with Gasteiger partial charge in [-0.3, -0.25) is 0 Å². The summed E-state index contributed by atoms with van der Waals surface area (Å²) >= 11 is 0. The van der Waals surface area contributed by atoms with Crippen molar-refractivity contribution in [1.82, 2.24) is 9.97 Å². The maximum absolute atomic E-state index is 14.3. The van der Waals surface area contributed by atoms with Crippen LogP contribution in [0.4, 0.5) is 4.39 Å². The molecule has 0 amide bonds. The smallest absolute Gasteiger partial charge is 0.133 e. The van der Waals surface area contributed by atoms with Crippen LogP contribution in [0.25, 0.3) is 44.5 Å². The van der Waals surface area contributed by atoms with Crippen molar-refractivity contribution in [3.8, 4) is 22.5 Å². The van der Waals surface area contributed by atoms with Crippen LogP contribution in [-0.4, -0.2) is 18.0 Å². The Bertz CT molecular complexity index is 1940. The maximum atomic E-state index is 14.3. The van der Waals surface area contributed by atoms with Crippen LogP contribution in [0.15, 0.2) is 89.6 Å². The molecule has 0 saturated heterocycles. The Morgan fingerprint density at radius 1 is 0.894 bits per heavy atom. The molecule has 1 aliphatic carbocycles. The number of hydrogen-bond donors (Lipinski definition) is 0. The number of aromatic nitrogens is 2. The molecule has 0 spiro atoms. The fourth-order valence-corrected chi connectivity index (χ4v) is 8.24. The zero-order valence-electron chi connectivity index (χ0n) is 28.0. The van der Waals surface area contributed by atoms with E-state index in [0.29, 0.717) is 22.5 Å². The van der Waals surface area contributed by atoms with Gasteiger partial charge in [-0.2, -0.15) is 0 Å². The number of furan rings is 1. The van der Waals surface area contributed by atoms with Crippen LogP contribution < -0.4 is 5.19 Å². The van der Waals surface area contributed by atoms with Gasteiger partial charge in [0.1, 0.15) is 11.4 Å². The summed E-state index contributed by atoms with van der Waals surface area (Å²) in [6.45, 7) is 11.7. The van der Waals surface area contributed by atoms with Crippen LogP contribution in [0, 0.1) is 29.8 Å². The van der Waals surface area contributed by atoms with E-state index in [1.54, 1.807) is 18.2 Å². The molecule has 1 aliphatic rings. The summed E-state index contributed by atoms with van der Waals surface area (Å²) in [6, 6.07) is 29.8. The van der Waals surface area contributed by atoms with Gasteiger partial charge < -0.3 is 14.4 Å². The molecule has 0 N–H and O–H groups in total. The van der Waals surface area contributed by atoms with E-state index in [1.807, 2.05) is 30.5 Å². The molecule has 7 rings (SSSR count). The molecule has 6 aromatic rings. The van der Waals surface area contributed by atoms with Gasteiger partial charge in [-0.25, -0.2) is 4.39 Å². The van der Waals surface area contributed by atoms with E-state index in [4.69, 9.17) is 4.42 Å². The van der Waals surface area contributed by atoms with Gasteiger partial charge >= 0.3 is 0 Å². The van der Waals surface area contributed by atoms with Gasteiger partial charge in [0.05, 0.1) is 13.7 Å². The first-order chi connectivity index (χ1) is 22.2. The van der Waals surface area contributed by atoms with Crippen LogP contribution in [0.2, 0.25) is 19.6 Å². The van der Waals surface area contributed by atoms with Crippen molar-refractivity contribution in [3.05, 3.63) is 114 Å². The normalized spacial score (nSPS) is 13.5. The predicted molar refractivity (Wildman–Crippen MR) is 191 cm³/mol. The molecule has 1 saturated carbocycles. The average Bonchev–Trinajstić information content (AvgIpc) is 3.69. The second-order valence-corrected chi connectivity index (χ2v) is 19.1. The van der Waals surface area contributed by atoms with Crippen molar-refractivity contribution in [2.45, 2.75) is 72.0 Å². The molecule has 245 valence electrons. The van der Waals surface area contributed by atoms with Gasteiger partial charge in [0.15, 0.2) is 0 Å². The third-order valence-corrected chi connectivity index (χ3v) is 11.0. The van der Waals surface area contributed by atoms with Gasteiger partial charge in [-0.15, -0.1) is 59.7 Å². The Kier molecular flexibility index (Phi) is 11.3. The molecule has 0 unspecified atom stereocenters. The zero-order valence-corrected chi connectivity index (χ0v) is 31.4. The van der Waals surface area contributed by atoms with E-state index in [0.717, 1.165) is 46.7 Å². The van der Waals surface area contributed by atoms with Gasteiger partial charge in [0.2, 0.25) is 0 Å². The number of halogens is 1.